The summed E-state index contributed by atoms with van der Waals surface area (Å²) in [6.45, 7) is 4.75. The zero-order chi connectivity index (χ0) is 37.1. The van der Waals surface area contributed by atoms with E-state index >= 15 is 0 Å². The molecule has 8 N–H and O–H groups in total. The largest absolute Gasteiger partial charge is 0.373 e. The smallest absolute Gasteiger partial charge is 0.243 e. The Morgan fingerprint density at radius 2 is 1.52 bits per heavy atom. The molecule has 1 aliphatic rings. The lowest BCUT2D eigenvalue weighted by molar-refractivity contribution is -0.138. The van der Waals surface area contributed by atoms with E-state index in [1.807, 2.05) is 0 Å². The molecule has 0 aromatic heterocycles. The average molecular weight is 704 g/mol. The number of primary amides is 1. The Labute approximate surface area is 293 Å². The Morgan fingerprint density at radius 3 is 2.18 bits per heavy atom. The molecule has 0 bridgehead atoms. The number of ether oxygens (including phenoxy) is 1. The number of amides is 7. The monoisotopic (exact) mass is 703 g/mol. The van der Waals surface area contributed by atoms with Crippen LogP contribution in [0.4, 0.5) is 0 Å². The van der Waals surface area contributed by atoms with Gasteiger partial charge in [0.1, 0.15) is 25.6 Å². The summed E-state index contributed by atoms with van der Waals surface area (Å²) in [5.41, 5.74) is 5.55. The number of carbonyl (C=O) groups excluding carboxylic acids is 7. The molecule has 0 saturated carbocycles. The summed E-state index contributed by atoms with van der Waals surface area (Å²) in [7, 11) is 0. The van der Waals surface area contributed by atoms with E-state index in [1.165, 1.54) is 4.90 Å². The van der Waals surface area contributed by atoms with E-state index in [0.717, 1.165) is 18.4 Å². The van der Waals surface area contributed by atoms with Gasteiger partial charge in [-0.05, 0) is 36.7 Å². The number of benzene rings is 1. The fraction of sp³-hybridized carbons (Fsp3) is 0.618. The summed E-state index contributed by atoms with van der Waals surface area (Å²) in [5, 5.41) is 22.7. The van der Waals surface area contributed by atoms with Crippen LogP contribution in [0.15, 0.2) is 30.3 Å². The molecule has 50 heavy (non-hydrogen) atoms. The van der Waals surface area contributed by atoms with E-state index in [0.29, 0.717) is 32.2 Å². The molecule has 1 heterocycles. The van der Waals surface area contributed by atoms with E-state index in [2.05, 4.69) is 47.4 Å². The highest BCUT2D eigenvalue weighted by Gasteiger charge is 2.46. The van der Waals surface area contributed by atoms with Crippen LogP contribution >= 0.6 is 0 Å². The second-order valence-corrected chi connectivity index (χ2v) is 12.6. The molecule has 278 valence electrons. The first-order valence-corrected chi connectivity index (χ1v) is 17.0. The second-order valence-electron chi connectivity index (χ2n) is 12.6. The topological polar surface area (TPSA) is 238 Å². The number of carbonyl (C=O) groups is 7. The quantitative estimate of drug-likeness (QED) is 0.0557. The van der Waals surface area contributed by atoms with Gasteiger partial charge in [0.15, 0.2) is 0 Å². The van der Waals surface area contributed by atoms with Gasteiger partial charge >= 0.3 is 0 Å². The Morgan fingerprint density at radius 1 is 0.900 bits per heavy atom. The van der Waals surface area contributed by atoms with Gasteiger partial charge in [-0.3, -0.25) is 33.6 Å². The van der Waals surface area contributed by atoms with Crippen molar-refractivity contribution in [2.24, 2.45) is 17.1 Å². The van der Waals surface area contributed by atoms with Gasteiger partial charge in [-0.25, -0.2) is 0 Å². The van der Waals surface area contributed by atoms with Crippen LogP contribution in [-0.2, 0) is 44.7 Å². The molecule has 0 spiro atoms. The molecular weight excluding hydrogens is 650 g/mol. The molecule has 2 rings (SSSR count). The lowest BCUT2D eigenvalue weighted by Gasteiger charge is -2.32. The van der Waals surface area contributed by atoms with Crippen molar-refractivity contribution < 1.29 is 43.4 Å². The minimum absolute atomic E-state index is 0.0115. The summed E-state index contributed by atoms with van der Waals surface area (Å²) in [4.78, 5) is 87.2. The molecule has 1 saturated heterocycles. The highest BCUT2D eigenvalue weighted by atomic mass is 16.5. The summed E-state index contributed by atoms with van der Waals surface area (Å²) < 4.78 is 4.84. The number of hydrogen-bond donors (Lipinski definition) is 7. The van der Waals surface area contributed by atoms with E-state index in [1.54, 1.807) is 30.3 Å². The van der Waals surface area contributed by atoms with Crippen molar-refractivity contribution in [2.45, 2.75) is 84.4 Å². The molecule has 0 aliphatic carbocycles. The fourth-order valence-electron chi connectivity index (χ4n) is 5.56. The first-order valence-electron chi connectivity index (χ1n) is 17.0. The highest BCUT2D eigenvalue weighted by molar-refractivity contribution is 5.92. The molecule has 3 atom stereocenters. The predicted octanol–water partition coefficient (Wildman–Crippen LogP) is -0.808. The number of nitrogens with two attached hydrogens (primary N) is 1. The standard InChI is InChI=1S/C34H53N7O9/c1-4-34(3,5-2)24-17-31(47)41(33(24)49)15-11-7-10-14-27(43)36-18-28(44)37-20-30(46)40-25(16-23-12-8-6-9-13-23)32(48)38-19-29(45)39-22-50-21-26(35)42/h6,8-9,12-13,24-25,31,47H,4-5,7,10-11,14-22H2,1-3H3,(H2,35,42)(H,36,43)(H,37,44)(H,38,48)(H,39,45)(H,40,46)/t24?,25-,31?/m0/s1. The summed E-state index contributed by atoms with van der Waals surface area (Å²) in [5.74, 6) is -3.75. The van der Waals surface area contributed by atoms with Crippen LogP contribution in [0, 0.1) is 11.3 Å². The van der Waals surface area contributed by atoms with Gasteiger partial charge in [0.2, 0.25) is 41.4 Å². The van der Waals surface area contributed by atoms with Crippen molar-refractivity contribution >= 4 is 41.4 Å². The fourth-order valence-corrected chi connectivity index (χ4v) is 5.56. The van der Waals surface area contributed by atoms with E-state index in [4.69, 9.17) is 10.5 Å². The van der Waals surface area contributed by atoms with E-state index in [-0.39, 0.29) is 55.9 Å². The minimum Gasteiger partial charge on any atom is -0.373 e. The van der Waals surface area contributed by atoms with Crippen molar-refractivity contribution in [1.29, 1.82) is 0 Å². The molecule has 1 fully saturated rings. The maximum absolute atomic E-state index is 12.9. The third-order valence-corrected chi connectivity index (χ3v) is 9.01. The molecule has 16 heteroatoms. The number of nitrogens with zero attached hydrogens (tertiary/aromatic N) is 1. The van der Waals surface area contributed by atoms with Crippen LogP contribution in [0.1, 0.15) is 71.3 Å². The maximum atomic E-state index is 12.9. The Bertz CT molecular complexity index is 1310. The number of aliphatic hydroxyl groups excluding tert-OH is 1. The highest BCUT2D eigenvalue weighted by Crippen LogP contribution is 2.42. The molecule has 1 aromatic rings. The molecule has 16 nitrogen and oxygen atoms in total. The number of aliphatic hydroxyl groups is 1. The Hall–Kier alpha value is -4.57. The Balaban J connectivity index is 1.70. The van der Waals surface area contributed by atoms with E-state index in [9.17, 15) is 38.7 Å². The first-order chi connectivity index (χ1) is 23.8. The van der Waals surface area contributed by atoms with Crippen molar-refractivity contribution in [1.82, 2.24) is 31.5 Å². The summed E-state index contributed by atoms with van der Waals surface area (Å²) >= 11 is 0. The molecule has 0 radical (unpaired) electrons. The predicted molar refractivity (Wildman–Crippen MR) is 182 cm³/mol. The van der Waals surface area contributed by atoms with Gasteiger partial charge < -0.3 is 47.1 Å². The van der Waals surface area contributed by atoms with Crippen LogP contribution in [0.2, 0.25) is 0 Å². The van der Waals surface area contributed by atoms with Crippen molar-refractivity contribution in [3.05, 3.63) is 35.9 Å². The molecule has 1 aromatic carbocycles. The number of hydrogen-bond acceptors (Lipinski definition) is 9. The zero-order valence-corrected chi connectivity index (χ0v) is 29.3. The van der Waals surface area contributed by atoms with E-state index < -0.39 is 54.9 Å². The zero-order valence-electron chi connectivity index (χ0n) is 29.3. The second kappa shape index (κ2) is 21.5. The number of likely N-dealkylation sites (tertiary alicyclic amines) is 1. The van der Waals surface area contributed by atoms with Gasteiger partial charge in [0.05, 0.1) is 19.6 Å². The van der Waals surface area contributed by atoms with Gasteiger partial charge in [0.25, 0.3) is 0 Å². The third kappa shape index (κ3) is 14.5. The van der Waals surface area contributed by atoms with Crippen molar-refractivity contribution in [2.75, 3.05) is 39.5 Å². The summed E-state index contributed by atoms with van der Waals surface area (Å²) in [6.07, 6.45) is 3.48. The number of unbranched alkanes of at least 4 members (excludes halogenated alkanes) is 2. The first kappa shape index (κ1) is 41.6. The number of nitrogens with one attached hydrogen (secondary N) is 5. The third-order valence-electron chi connectivity index (χ3n) is 9.01. The molecule has 7 amide bonds. The van der Waals surface area contributed by atoms with Crippen molar-refractivity contribution in [3.8, 4) is 0 Å². The van der Waals surface area contributed by atoms with Gasteiger partial charge in [-0.2, -0.15) is 0 Å². The van der Waals surface area contributed by atoms with Crippen molar-refractivity contribution in [3.63, 3.8) is 0 Å². The van der Waals surface area contributed by atoms with Gasteiger partial charge in [-0.1, -0.05) is 57.5 Å². The average Bonchev–Trinajstić information content (AvgIpc) is 3.39. The minimum atomic E-state index is -1.07. The summed E-state index contributed by atoms with van der Waals surface area (Å²) in [6, 6.07) is 7.80. The van der Waals surface area contributed by atoms with Crippen LogP contribution in [0.25, 0.3) is 0 Å². The van der Waals surface area contributed by atoms with Crippen LogP contribution in [0.5, 0.6) is 0 Å². The SMILES string of the molecule is CCC(C)(CC)C1CC(O)N(CCCCCC(=O)NCC(=O)NCC(=O)N[C@@H](Cc2ccccc2)C(=O)NCC(=O)NCOCC(N)=O)C1=O. The lowest BCUT2D eigenvalue weighted by Crippen LogP contribution is -2.52. The van der Waals surface area contributed by atoms with Crippen LogP contribution in [-0.4, -0.2) is 103 Å². The normalized spacial score (nSPS) is 16.3. The maximum Gasteiger partial charge on any atom is 0.243 e. The van der Waals surface area contributed by atoms with Crippen LogP contribution < -0.4 is 32.3 Å². The lowest BCUT2D eigenvalue weighted by atomic mass is 9.72. The number of rotatable bonds is 23. The molecular formula is C34H53N7O9. The Kier molecular flexibility index (Phi) is 17.9. The van der Waals surface area contributed by atoms with Gasteiger partial charge in [0, 0.05) is 31.7 Å². The molecule has 2 unspecified atom stereocenters. The van der Waals surface area contributed by atoms with Crippen LogP contribution in [0.3, 0.4) is 0 Å². The van der Waals surface area contributed by atoms with Gasteiger partial charge in [-0.15, -0.1) is 0 Å². The molecule has 1 aliphatic heterocycles.